The largest absolute Gasteiger partial charge is 0.388 e. The van der Waals surface area contributed by atoms with Crippen molar-refractivity contribution in [1.82, 2.24) is 19.9 Å². The van der Waals surface area contributed by atoms with Gasteiger partial charge in [0.15, 0.2) is 11.5 Å². The Balaban J connectivity index is 1.79. The summed E-state index contributed by atoms with van der Waals surface area (Å²) < 4.78 is 0. The maximum Gasteiger partial charge on any atom is 0.226 e. The molecule has 114 valence electrons. The minimum atomic E-state index is -0.658. The molecule has 0 radical (unpaired) electrons. The van der Waals surface area contributed by atoms with Crippen LogP contribution in [0.25, 0.3) is 11.2 Å². The highest BCUT2D eigenvalue weighted by molar-refractivity contribution is 5.83. The zero-order valence-corrected chi connectivity index (χ0v) is 12.5. The van der Waals surface area contributed by atoms with Gasteiger partial charge in [-0.25, -0.2) is 4.98 Å². The van der Waals surface area contributed by atoms with Crippen LogP contribution in [0, 0.1) is 5.92 Å². The second-order valence-electron chi connectivity index (χ2n) is 6.03. The van der Waals surface area contributed by atoms with Crippen molar-refractivity contribution < 1.29 is 5.11 Å². The number of H-pyrrole nitrogens is 1. The van der Waals surface area contributed by atoms with Crippen molar-refractivity contribution in [3.8, 4) is 0 Å². The Kier molecular flexibility index (Phi) is 3.67. The molecule has 0 amide bonds. The summed E-state index contributed by atoms with van der Waals surface area (Å²) in [6.45, 7) is 2.69. The van der Waals surface area contributed by atoms with Crippen LogP contribution in [0.2, 0.25) is 0 Å². The number of nitrogens with one attached hydrogen (secondary N) is 3. The second-order valence-corrected chi connectivity index (χ2v) is 6.03. The summed E-state index contributed by atoms with van der Waals surface area (Å²) in [5.41, 5.74) is 0.719. The third-order valence-corrected chi connectivity index (χ3v) is 4.16. The molecule has 2 heterocycles. The van der Waals surface area contributed by atoms with Gasteiger partial charge in [0.25, 0.3) is 0 Å². The third-order valence-electron chi connectivity index (χ3n) is 4.16. The van der Waals surface area contributed by atoms with Gasteiger partial charge in [-0.1, -0.05) is 19.8 Å². The predicted molar refractivity (Wildman–Crippen MR) is 82.3 cm³/mol. The Bertz CT molecular complexity index is 627. The Morgan fingerprint density at radius 3 is 3.10 bits per heavy atom. The van der Waals surface area contributed by atoms with Crippen LogP contribution in [-0.2, 0) is 0 Å². The first kappa shape index (κ1) is 14.1. The molecule has 1 saturated carbocycles. The number of rotatable bonds is 4. The van der Waals surface area contributed by atoms with E-state index in [0.29, 0.717) is 29.9 Å². The second kappa shape index (κ2) is 5.48. The molecule has 7 nitrogen and oxygen atoms in total. The first-order valence-electron chi connectivity index (χ1n) is 7.45. The van der Waals surface area contributed by atoms with Gasteiger partial charge in [-0.05, 0) is 18.8 Å². The molecule has 2 aromatic rings. The van der Waals surface area contributed by atoms with Crippen LogP contribution < -0.4 is 10.6 Å². The van der Waals surface area contributed by atoms with Gasteiger partial charge >= 0.3 is 0 Å². The number of anilines is 2. The highest BCUT2D eigenvalue weighted by Crippen LogP contribution is 2.32. The number of aromatic nitrogens is 4. The number of hydrogen-bond donors (Lipinski definition) is 4. The monoisotopic (exact) mass is 290 g/mol. The molecule has 0 aliphatic heterocycles. The first-order chi connectivity index (χ1) is 10.1. The molecule has 1 fully saturated rings. The van der Waals surface area contributed by atoms with Crippen LogP contribution in [-0.4, -0.2) is 44.2 Å². The summed E-state index contributed by atoms with van der Waals surface area (Å²) in [7, 11) is 1.77. The van der Waals surface area contributed by atoms with Gasteiger partial charge in [0, 0.05) is 13.6 Å². The van der Waals surface area contributed by atoms with E-state index >= 15 is 0 Å². The molecule has 0 bridgehead atoms. The number of hydrogen-bond acceptors (Lipinski definition) is 6. The van der Waals surface area contributed by atoms with E-state index in [4.69, 9.17) is 0 Å². The van der Waals surface area contributed by atoms with Crippen molar-refractivity contribution in [3.05, 3.63) is 6.33 Å². The van der Waals surface area contributed by atoms with Gasteiger partial charge < -0.3 is 20.7 Å². The molecule has 3 rings (SSSR count). The van der Waals surface area contributed by atoms with Gasteiger partial charge in [0.1, 0.15) is 5.52 Å². The number of aliphatic hydroxyl groups is 1. The Labute approximate surface area is 123 Å². The van der Waals surface area contributed by atoms with Crippen molar-refractivity contribution in [3.63, 3.8) is 0 Å². The number of fused-ring (bicyclic) bond motifs is 1. The number of imidazole rings is 1. The lowest BCUT2D eigenvalue weighted by Gasteiger charge is -2.35. The van der Waals surface area contributed by atoms with E-state index in [2.05, 4.69) is 37.5 Å². The maximum absolute atomic E-state index is 10.7. The van der Waals surface area contributed by atoms with Crippen molar-refractivity contribution >= 4 is 22.9 Å². The average Bonchev–Trinajstić information content (AvgIpc) is 2.92. The zero-order valence-electron chi connectivity index (χ0n) is 12.5. The maximum atomic E-state index is 10.7. The fourth-order valence-electron chi connectivity index (χ4n) is 3.11. The van der Waals surface area contributed by atoms with Crippen molar-refractivity contribution in [2.24, 2.45) is 5.92 Å². The predicted octanol–water partition coefficient (Wildman–Crippen LogP) is 1.75. The van der Waals surface area contributed by atoms with Crippen LogP contribution in [0.3, 0.4) is 0 Å². The van der Waals surface area contributed by atoms with Crippen LogP contribution in [0.15, 0.2) is 6.33 Å². The summed E-state index contributed by atoms with van der Waals surface area (Å²) in [6.07, 6.45) is 5.53. The smallest absolute Gasteiger partial charge is 0.226 e. The standard InChI is InChI=1S/C14H22N6O/c1-9-4-3-5-14(21,6-9)7-16-11-10-12(18-8-17-10)20-13(15-2)19-11/h8-9,21H,3-7H2,1-2H3,(H3,15,16,17,18,19,20). The van der Waals surface area contributed by atoms with Crippen LogP contribution in [0.1, 0.15) is 32.6 Å². The SMILES string of the molecule is CNc1nc(NCC2(O)CCCC(C)C2)c2[nH]cnc2n1. The minimum absolute atomic E-state index is 0.492. The summed E-state index contributed by atoms with van der Waals surface area (Å²) in [4.78, 5) is 15.9. The first-order valence-corrected chi connectivity index (χ1v) is 7.45. The number of nitrogens with zero attached hydrogens (tertiary/aromatic N) is 3. The van der Waals surface area contributed by atoms with Gasteiger partial charge in [-0.3, -0.25) is 0 Å². The van der Waals surface area contributed by atoms with Crippen LogP contribution >= 0.6 is 0 Å². The van der Waals surface area contributed by atoms with E-state index in [1.165, 1.54) is 6.42 Å². The lowest BCUT2D eigenvalue weighted by Crippen LogP contribution is -2.41. The van der Waals surface area contributed by atoms with Crippen molar-refractivity contribution in [2.75, 3.05) is 24.2 Å². The quantitative estimate of drug-likeness (QED) is 0.684. The summed E-state index contributed by atoms with van der Waals surface area (Å²) in [6, 6.07) is 0. The van der Waals surface area contributed by atoms with Crippen molar-refractivity contribution in [2.45, 2.75) is 38.2 Å². The molecule has 1 aliphatic carbocycles. The number of aromatic amines is 1. The van der Waals surface area contributed by atoms with E-state index in [1.54, 1.807) is 13.4 Å². The molecule has 0 saturated heterocycles. The Morgan fingerprint density at radius 2 is 2.33 bits per heavy atom. The molecule has 2 atom stereocenters. The lowest BCUT2D eigenvalue weighted by molar-refractivity contribution is -0.000803. The average molecular weight is 290 g/mol. The molecule has 4 N–H and O–H groups in total. The fraction of sp³-hybridized carbons (Fsp3) is 0.643. The lowest BCUT2D eigenvalue weighted by atomic mass is 9.79. The van der Waals surface area contributed by atoms with E-state index in [1.807, 2.05) is 0 Å². The Morgan fingerprint density at radius 1 is 1.48 bits per heavy atom. The molecule has 0 aromatic carbocycles. The summed E-state index contributed by atoms with van der Waals surface area (Å²) in [5, 5.41) is 16.9. The van der Waals surface area contributed by atoms with Crippen LogP contribution in [0.4, 0.5) is 11.8 Å². The molecule has 0 spiro atoms. The minimum Gasteiger partial charge on any atom is -0.388 e. The Hall–Kier alpha value is -1.89. The van der Waals surface area contributed by atoms with E-state index in [0.717, 1.165) is 24.8 Å². The van der Waals surface area contributed by atoms with Gasteiger partial charge in [0.2, 0.25) is 5.95 Å². The van der Waals surface area contributed by atoms with Gasteiger partial charge in [-0.15, -0.1) is 0 Å². The molecule has 1 aliphatic rings. The summed E-state index contributed by atoms with van der Waals surface area (Å²) in [5.74, 6) is 1.76. The third kappa shape index (κ3) is 2.92. The fourth-order valence-corrected chi connectivity index (χ4v) is 3.11. The van der Waals surface area contributed by atoms with E-state index in [-0.39, 0.29) is 0 Å². The van der Waals surface area contributed by atoms with Gasteiger partial charge in [0.05, 0.1) is 11.9 Å². The highest BCUT2D eigenvalue weighted by Gasteiger charge is 2.32. The van der Waals surface area contributed by atoms with Crippen molar-refractivity contribution in [1.29, 1.82) is 0 Å². The molecule has 2 unspecified atom stereocenters. The zero-order chi connectivity index (χ0) is 14.9. The van der Waals surface area contributed by atoms with E-state index < -0.39 is 5.60 Å². The van der Waals surface area contributed by atoms with Gasteiger partial charge in [-0.2, -0.15) is 9.97 Å². The molecule has 7 heteroatoms. The normalized spacial score (nSPS) is 26.0. The topological polar surface area (TPSA) is 98.8 Å². The summed E-state index contributed by atoms with van der Waals surface area (Å²) >= 11 is 0. The van der Waals surface area contributed by atoms with Crippen LogP contribution in [0.5, 0.6) is 0 Å². The molecule has 2 aromatic heterocycles. The highest BCUT2D eigenvalue weighted by atomic mass is 16.3. The molecular formula is C14H22N6O. The van der Waals surface area contributed by atoms with E-state index in [9.17, 15) is 5.11 Å². The molecular weight excluding hydrogens is 268 g/mol. The molecule has 21 heavy (non-hydrogen) atoms.